The van der Waals surface area contributed by atoms with Gasteiger partial charge < -0.3 is 10.4 Å². The number of aliphatic carboxylic acids is 1. The van der Waals surface area contributed by atoms with E-state index < -0.39 is 12.0 Å². The molecule has 2 N–H and O–H groups in total. The van der Waals surface area contributed by atoms with Crippen LogP contribution in [-0.2, 0) is 9.59 Å². The van der Waals surface area contributed by atoms with Gasteiger partial charge in [-0.2, -0.15) is 0 Å². The fraction of sp³-hybridized carbons (Fsp3) is 0.600. The van der Waals surface area contributed by atoms with Crippen LogP contribution in [-0.4, -0.2) is 47.6 Å². The maximum absolute atomic E-state index is 11.4. The van der Waals surface area contributed by atoms with E-state index in [4.69, 9.17) is 11.5 Å². The van der Waals surface area contributed by atoms with Gasteiger partial charge in [-0.25, -0.2) is 0 Å². The number of likely N-dealkylation sites (N-methyl/N-ethyl adjacent to an activating group) is 1. The highest BCUT2D eigenvalue weighted by molar-refractivity contribution is 5.82. The van der Waals surface area contributed by atoms with Crippen molar-refractivity contribution < 1.29 is 14.7 Å². The van der Waals surface area contributed by atoms with Crippen molar-refractivity contribution in [2.45, 2.75) is 19.9 Å². The van der Waals surface area contributed by atoms with Gasteiger partial charge in [0.2, 0.25) is 5.91 Å². The lowest BCUT2D eigenvalue weighted by atomic mass is 10.2. The fourth-order valence-corrected chi connectivity index (χ4v) is 1.15. The summed E-state index contributed by atoms with van der Waals surface area (Å²) < 4.78 is 0. The van der Waals surface area contributed by atoms with Crippen molar-refractivity contribution in [2.24, 2.45) is 0 Å². The van der Waals surface area contributed by atoms with Gasteiger partial charge >= 0.3 is 5.97 Å². The molecule has 5 nitrogen and oxygen atoms in total. The lowest BCUT2D eigenvalue weighted by Gasteiger charge is -2.24. The minimum atomic E-state index is -0.951. The summed E-state index contributed by atoms with van der Waals surface area (Å²) in [6.07, 6.45) is 4.99. The molecule has 1 amide bonds. The summed E-state index contributed by atoms with van der Waals surface area (Å²) >= 11 is 0. The maximum atomic E-state index is 11.4. The third kappa shape index (κ3) is 5.03. The van der Waals surface area contributed by atoms with Crippen LogP contribution in [0.15, 0.2) is 0 Å². The zero-order chi connectivity index (χ0) is 11.8. The average Bonchev–Trinajstić information content (AvgIpc) is 2.21. The Morgan fingerprint density at radius 1 is 1.60 bits per heavy atom. The van der Waals surface area contributed by atoms with Crippen LogP contribution in [0.3, 0.4) is 0 Å². The van der Waals surface area contributed by atoms with E-state index in [1.807, 2.05) is 0 Å². The van der Waals surface area contributed by atoms with Gasteiger partial charge in [0.1, 0.15) is 0 Å². The Bertz CT molecular complexity index is 270. The molecule has 0 fully saturated rings. The summed E-state index contributed by atoms with van der Waals surface area (Å²) in [5, 5.41) is 11.1. The molecule has 0 aromatic heterocycles. The van der Waals surface area contributed by atoms with Gasteiger partial charge in [0, 0.05) is 0 Å². The molecule has 84 valence electrons. The summed E-state index contributed by atoms with van der Waals surface area (Å²) in [6.45, 7) is 3.96. The van der Waals surface area contributed by atoms with E-state index in [0.29, 0.717) is 6.54 Å². The van der Waals surface area contributed by atoms with Crippen molar-refractivity contribution in [1.82, 2.24) is 10.2 Å². The summed E-state index contributed by atoms with van der Waals surface area (Å²) in [6, 6.07) is -0.487. The third-order valence-electron chi connectivity index (χ3n) is 2.04. The Balaban J connectivity index is 4.25. The predicted octanol–water partition coefficient (Wildman–Crippen LogP) is -0.469. The van der Waals surface area contributed by atoms with Crippen LogP contribution in [0.5, 0.6) is 0 Å². The zero-order valence-corrected chi connectivity index (χ0v) is 8.99. The van der Waals surface area contributed by atoms with Crippen molar-refractivity contribution in [1.29, 1.82) is 0 Å². The second-order valence-electron chi connectivity index (χ2n) is 3.05. The Kier molecular flexibility index (Phi) is 6.14. The molecule has 0 radical (unpaired) electrons. The van der Waals surface area contributed by atoms with Crippen LogP contribution in [0.25, 0.3) is 0 Å². The van der Waals surface area contributed by atoms with E-state index in [0.717, 1.165) is 0 Å². The quantitative estimate of drug-likeness (QED) is 0.584. The number of terminal acetylenes is 1. The molecule has 0 spiro atoms. The minimum absolute atomic E-state index is 0.152. The third-order valence-corrected chi connectivity index (χ3v) is 2.04. The molecule has 15 heavy (non-hydrogen) atoms. The Labute approximate surface area is 89.4 Å². The summed E-state index contributed by atoms with van der Waals surface area (Å²) in [5.41, 5.74) is 0. The lowest BCUT2D eigenvalue weighted by molar-refractivity contribution is -0.139. The van der Waals surface area contributed by atoms with Gasteiger partial charge in [0.05, 0.1) is 19.1 Å². The molecule has 0 saturated heterocycles. The number of amides is 1. The van der Waals surface area contributed by atoms with Gasteiger partial charge in [-0.1, -0.05) is 12.8 Å². The highest BCUT2D eigenvalue weighted by Crippen LogP contribution is 1.98. The molecular formula is C10H16N2O3. The number of hydrogen-bond acceptors (Lipinski definition) is 3. The number of carboxylic acids is 1. The van der Waals surface area contributed by atoms with Gasteiger partial charge in [0.15, 0.2) is 0 Å². The second-order valence-corrected chi connectivity index (χ2v) is 3.05. The Morgan fingerprint density at radius 2 is 2.20 bits per heavy atom. The molecule has 0 aliphatic heterocycles. The number of carbonyl (C=O) groups excluding carboxylic acids is 1. The molecule has 5 heteroatoms. The van der Waals surface area contributed by atoms with Crippen molar-refractivity contribution in [3.05, 3.63) is 0 Å². The molecule has 1 unspecified atom stereocenters. The van der Waals surface area contributed by atoms with Crippen molar-refractivity contribution in [3.63, 3.8) is 0 Å². The highest BCUT2D eigenvalue weighted by Gasteiger charge is 2.21. The molecule has 0 aliphatic rings. The first-order valence-corrected chi connectivity index (χ1v) is 4.69. The van der Waals surface area contributed by atoms with E-state index in [1.165, 1.54) is 0 Å². The molecule has 0 saturated carbocycles. The van der Waals surface area contributed by atoms with Crippen LogP contribution in [0.1, 0.15) is 13.8 Å². The molecule has 1 atom stereocenters. The first kappa shape index (κ1) is 13.5. The number of nitrogens with zero attached hydrogens (tertiary/aromatic N) is 1. The Hall–Kier alpha value is -1.54. The molecule has 0 aromatic rings. The monoisotopic (exact) mass is 212 g/mol. The molecule has 0 aliphatic carbocycles. The number of rotatable bonds is 6. The molecular weight excluding hydrogens is 196 g/mol. The van der Waals surface area contributed by atoms with E-state index in [9.17, 15) is 9.59 Å². The van der Waals surface area contributed by atoms with Gasteiger partial charge in [-0.05, 0) is 13.5 Å². The Morgan fingerprint density at radius 3 is 2.60 bits per heavy atom. The van der Waals surface area contributed by atoms with Gasteiger partial charge in [-0.3, -0.25) is 14.5 Å². The van der Waals surface area contributed by atoms with Crippen molar-refractivity contribution >= 4 is 11.9 Å². The summed E-state index contributed by atoms with van der Waals surface area (Å²) in [4.78, 5) is 23.5. The summed E-state index contributed by atoms with van der Waals surface area (Å²) in [5.74, 6) is 1.08. The van der Waals surface area contributed by atoms with Crippen LogP contribution >= 0.6 is 0 Å². The second kappa shape index (κ2) is 6.85. The van der Waals surface area contributed by atoms with Gasteiger partial charge in [0.25, 0.3) is 0 Å². The smallest absolute Gasteiger partial charge is 0.317 e. The number of carbonyl (C=O) groups is 2. The van der Waals surface area contributed by atoms with E-state index in [1.54, 1.807) is 18.7 Å². The van der Waals surface area contributed by atoms with E-state index in [2.05, 4.69) is 11.2 Å². The average molecular weight is 212 g/mol. The van der Waals surface area contributed by atoms with Crippen molar-refractivity contribution in [2.75, 3.05) is 19.6 Å². The number of hydrogen-bond donors (Lipinski definition) is 2. The number of carboxylic acid groups (broad SMARTS) is 1. The normalized spacial score (nSPS) is 11.9. The van der Waals surface area contributed by atoms with Crippen LogP contribution in [0, 0.1) is 12.3 Å². The standard InChI is InChI=1S/C10H16N2O3/c1-4-6-11-10(15)8(3)12(5-2)7-9(13)14/h1,8H,5-7H2,2-3H3,(H,11,15)(H,13,14). The van der Waals surface area contributed by atoms with Crippen molar-refractivity contribution in [3.8, 4) is 12.3 Å². The van der Waals surface area contributed by atoms with E-state index in [-0.39, 0.29) is 19.0 Å². The van der Waals surface area contributed by atoms with Crippen LogP contribution < -0.4 is 5.32 Å². The highest BCUT2D eigenvalue weighted by atomic mass is 16.4. The predicted molar refractivity (Wildman–Crippen MR) is 56.2 cm³/mol. The van der Waals surface area contributed by atoms with Gasteiger partial charge in [-0.15, -0.1) is 6.42 Å². The van der Waals surface area contributed by atoms with Crippen LogP contribution in [0.4, 0.5) is 0 Å². The summed E-state index contributed by atoms with van der Waals surface area (Å²) in [7, 11) is 0. The zero-order valence-electron chi connectivity index (χ0n) is 8.99. The molecule has 0 heterocycles. The lowest BCUT2D eigenvalue weighted by Crippen LogP contribution is -2.47. The largest absolute Gasteiger partial charge is 0.480 e. The van der Waals surface area contributed by atoms with Crippen LogP contribution in [0.2, 0.25) is 0 Å². The first-order valence-electron chi connectivity index (χ1n) is 4.69. The topological polar surface area (TPSA) is 69.6 Å². The molecule has 0 bridgehead atoms. The SMILES string of the molecule is C#CCNC(=O)C(C)N(CC)CC(=O)O. The number of nitrogens with one attached hydrogen (secondary N) is 1. The molecule has 0 aromatic carbocycles. The fourth-order valence-electron chi connectivity index (χ4n) is 1.15. The maximum Gasteiger partial charge on any atom is 0.317 e. The first-order chi connectivity index (χ1) is 7.02. The molecule has 0 rings (SSSR count). The minimum Gasteiger partial charge on any atom is -0.480 e. The van der Waals surface area contributed by atoms with E-state index >= 15 is 0 Å².